The number of aliphatic carboxylic acids is 1. The fourth-order valence-electron chi connectivity index (χ4n) is 2.89. The van der Waals surface area contributed by atoms with Gasteiger partial charge in [0.2, 0.25) is 0 Å². The second-order valence-electron chi connectivity index (χ2n) is 7.34. The van der Waals surface area contributed by atoms with Crippen LogP contribution in [-0.2, 0) is 20.9 Å². The molecule has 1 aliphatic heterocycles. The van der Waals surface area contributed by atoms with Gasteiger partial charge < -0.3 is 25.8 Å². The highest BCUT2D eigenvalue weighted by atomic mass is 32.1. The van der Waals surface area contributed by atoms with Crippen molar-refractivity contribution in [3.05, 3.63) is 63.9 Å². The number of ether oxygens (including phenoxy) is 1. The van der Waals surface area contributed by atoms with Gasteiger partial charge >= 0.3 is 12.1 Å². The van der Waals surface area contributed by atoms with E-state index in [0.717, 1.165) is 29.9 Å². The second-order valence-corrected chi connectivity index (χ2v) is 8.46. The molecule has 35 heavy (non-hydrogen) atoms. The van der Waals surface area contributed by atoms with Gasteiger partial charge in [-0.2, -0.15) is 0 Å². The predicted octanol–water partition coefficient (Wildman–Crippen LogP) is 1.34. The van der Waals surface area contributed by atoms with Crippen LogP contribution in [0.15, 0.2) is 53.5 Å². The average Bonchev–Trinajstić information content (AvgIpc) is 3.34. The van der Waals surface area contributed by atoms with Crippen molar-refractivity contribution in [1.29, 1.82) is 0 Å². The van der Waals surface area contributed by atoms with Crippen molar-refractivity contribution in [3.8, 4) is 0 Å². The van der Waals surface area contributed by atoms with Crippen LogP contribution in [0.1, 0.15) is 26.5 Å². The third-order valence-electron chi connectivity index (χ3n) is 4.66. The van der Waals surface area contributed by atoms with E-state index in [1.807, 2.05) is 6.07 Å². The van der Waals surface area contributed by atoms with Crippen molar-refractivity contribution in [3.63, 3.8) is 0 Å². The van der Waals surface area contributed by atoms with E-state index < -0.39 is 24.0 Å². The molecule has 184 valence electrons. The summed E-state index contributed by atoms with van der Waals surface area (Å²) < 4.78 is 5.02. The zero-order valence-corrected chi connectivity index (χ0v) is 19.5. The van der Waals surface area contributed by atoms with Gasteiger partial charge in [0.1, 0.15) is 12.6 Å². The zero-order valence-electron chi connectivity index (χ0n) is 18.7. The molecule has 1 aliphatic rings. The molecule has 1 aromatic heterocycles. The third kappa shape index (κ3) is 8.59. The molecule has 0 saturated heterocycles. The first-order chi connectivity index (χ1) is 16.9. The number of carboxylic acid groups (broad SMARTS) is 1. The fourth-order valence-corrected chi connectivity index (χ4v) is 3.71. The van der Waals surface area contributed by atoms with Gasteiger partial charge in [0.05, 0.1) is 4.88 Å². The molecule has 11 nitrogen and oxygen atoms in total. The Balaban J connectivity index is 1.45. The van der Waals surface area contributed by atoms with Gasteiger partial charge in [0.15, 0.2) is 5.96 Å². The molecular weight excluding hydrogens is 474 g/mol. The number of amides is 3. The summed E-state index contributed by atoms with van der Waals surface area (Å²) in [6.07, 6.45) is 2.89. The van der Waals surface area contributed by atoms with Crippen LogP contribution in [0, 0.1) is 0 Å². The number of carbonyl (C=O) groups is 4. The number of carbonyl (C=O) groups excluding carboxylic acids is 3. The second kappa shape index (κ2) is 12.9. The van der Waals surface area contributed by atoms with Crippen LogP contribution in [0.5, 0.6) is 0 Å². The number of benzene rings is 1. The van der Waals surface area contributed by atoms with Crippen LogP contribution < -0.4 is 21.3 Å². The molecule has 2 heterocycles. The number of alkyl carbamates (subject to hydrolysis) is 1. The number of carboxylic acids is 1. The summed E-state index contributed by atoms with van der Waals surface area (Å²) in [6.45, 7) is 1.05. The molecule has 0 fully saturated rings. The van der Waals surface area contributed by atoms with Gasteiger partial charge in [-0.05, 0) is 30.2 Å². The molecule has 3 amide bonds. The summed E-state index contributed by atoms with van der Waals surface area (Å²) in [6, 6.07) is 10.8. The van der Waals surface area contributed by atoms with Crippen molar-refractivity contribution in [2.45, 2.75) is 19.1 Å². The highest BCUT2D eigenvalue weighted by Crippen LogP contribution is 2.17. The maximum Gasteiger partial charge on any atom is 0.408 e. The number of rotatable bonds is 9. The van der Waals surface area contributed by atoms with E-state index in [2.05, 4.69) is 26.3 Å². The molecule has 5 N–H and O–H groups in total. The largest absolute Gasteiger partial charge is 0.480 e. The first-order valence-electron chi connectivity index (χ1n) is 10.8. The zero-order chi connectivity index (χ0) is 25.0. The molecular formula is C23H25N5O6S. The van der Waals surface area contributed by atoms with Gasteiger partial charge in [0.25, 0.3) is 11.8 Å². The van der Waals surface area contributed by atoms with Crippen molar-refractivity contribution < 1.29 is 29.0 Å². The summed E-state index contributed by atoms with van der Waals surface area (Å²) in [4.78, 5) is 53.0. The van der Waals surface area contributed by atoms with E-state index in [0.29, 0.717) is 22.3 Å². The average molecular weight is 500 g/mol. The molecule has 0 aliphatic carbocycles. The number of nitrogens with zero attached hydrogens (tertiary/aromatic N) is 1. The van der Waals surface area contributed by atoms with Crippen LogP contribution >= 0.6 is 11.3 Å². The topological polar surface area (TPSA) is 158 Å². The van der Waals surface area contributed by atoms with Crippen molar-refractivity contribution in [2.24, 2.45) is 4.99 Å². The number of guanidine groups is 1. The van der Waals surface area contributed by atoms with Crippen molar-refractivity contribution in [2.75, 3.05) is 19.6 Å². The van der Waals surface area contributed by atoms with E-state index in [1.54, 1.807) is 42.5 Å². The Morgan fingerprint density at radius 3 is 2.69 bits per heavy atom. The highest BCUT2D eigenvalue weighted by molar-refractivity contribution is 7.14. The summed E-state index contributed by atoms with van der Waals surface area (Å²) in [5, 5.41) is 19.7. The van der Waals surface area contributed by atoms with Gasteiger partial charge in [-0.15, -0.1) is 11.3 Å². The number of aliphatic imine (C=N–C) groups is 1. The van der Waals surface area contributed by atoms with Crippen LogP contribution in [0.2, 0.25) is 0 Å². The lowest BCUT2D eigenvalue weighted by Gasteiger charge is -2.15. The van der Waals surface area contributed by atoms with Gasteiger partial charge in [-0.25, -0.2) is 9.59 Å². The van der Waals surface area contributed by atoms with Crippen LogP contribution in [0.4, 0.5) is 4.79 Å². The lowest BCUT2D eigenvalue weighted by molar-refractivity contribution is -0.139. The lowest BCUT2D eigenvalue weighted by atomic mass is 10.2. The molecule has 0 bridgehead atoms. The minimum absolute atomic E-state index is 0.0144. The van der Waals surface area contributed by atoms with Crippen LogP contribution in [-0.4, -0.2) is 60.6 Å². The first kappa shape index (κ1) is 25.4. The minimum Gasteiger partial charge on any atom is -0.480 e. The van der Waals surface area contributed by atoms with E-state index in [9.17, 15) is 24.3 Å². The smallest absolute Gasteiger partial charge is 0.408 e. The Kier molecular flexibility index (Phi) is 9.37. The standard InChI is InChI=1S/C23H25N5O6S/c29-19(28-22-24-11-4-12-25-22)10-8-16-7-9-18(35-16)20(30)26-13-17(21(31)32)27-23(33)34-14-15-5-2-1-3-6-15/h1-3,5-10,17H,4,11-14H2,(H,26,30)(H,27,33)(H,31,32)(H2,24,25,28,29)/t17-/m0/s1. The molecule has 3 rings (SSSR count). The molecule has 0 radical (unpaired) electrons. The van der Waals surface area contributed by atoms with E-state index >= 15 is 0 Å². The first-order valence-corrected chi connectivity index (χ1v) is 11.6. The van der Waals surface area contributed by atoms with Crippen LogP contribution in [0.25, 0.3) is 6.08 Å². The summed E-state index contributed by atoms with van der Waals surface area (Å²) >= 11 is 1.12. The molecule has 1 atom stereocenters. The van der Waals surface area contributed by atoms with Gasteiger partial charge in [-0.3, -0.25) is 19.9 Å². The lowest BCUT2D eigenvalue weighted by Crippen LogP contribution is -2.48. The maximum absolute atomic E-state index is 12.4. The SMILES string of the molecule is O=C(C=Cc1ccc(C(=O)NC[C@H](NC(=O)OCc2ccccc2)C(=O)O)s1)NC1=NCCCN1. The number of thiophene rings is 1. The fraction of sp³-hybridized carbons (Fsp3) is 0.261. The predicted molar refractivity (Wildman–Crippen MR) is 130 cm³/mol. The highest BCUT2D eigenvalue weighted by Gasteiger charge is 2.22. The monoisotopic (exact) mass is 499 g/mol. The molecule has 12 heteroatoms. The summed E-state index contributed by atoms with van der Waals surface area (Å²) in [5.41, 5.74) is 0.752. The number of hydrogen-bond acceptors (Lipinski definition) is 8. The normalized spacial score (nSPS) is 13.8. The molecule has 0 unspecified atom stereocenters. The Bertz CT molecular complexity index is 1110. The molecule has 1 aromatic carbocycles. The molecule has 0 saturated carbocycles. The Labute approximate surface area is 205 Å². The van der Waals surface area contributed by atoms with Gasteiger partial charge in [0, 0.05) is 30.6 Å². The van der Waals surface area contributed by atoms with Crippen molar-refractivity contribution >= 4 is 47.2 Å². The third-order valence-corrected chi connectivity index (χ3v) is 5.71. The van der Waals surface area contributed by atoms with E-state index in [4.69, 9.17) is 4.74 Å². The quantitative estimate of drug-likeness (QED) is 0.326. The van der Waals surface area contributed by atoms with E-state index in [-0.39, 0.29) is 19.1 Å². The molecule has 2 aromatic rings. The van der Waals surface area contributed by atoms with E-state index in [1.165, 1.54) is 6.08 Å². The number of nitrogens with one attached hydrogen (secondary N) is 4. The number of hydrogen-bond donors (Lipinski definition) is 5. The summed E-state index contributed by atoms with van der Waals surface area (Å²) in [7, 11) is 0. The Hall–Kier alpha value is -4.19. The van der Waals surface area contributed by atoms with Crippen molar-refractivity contribution in [1.82, 2.24) is 21.3 Å². The minimum atomic E-state index is -1.37. The maximum atomic E-state index is 12.4. The van der Waals surface area contributed by atoms with Crippen LogP contribution in [0.3, 0.4) is 0 Å². The van der Waals surface area contributed by atoms with Gasteiger partial charge in [-0.1, -0.05) is 30.3 Å². The Morgan fingerprint density at radius 2 is 1.97 bits per heavy atom. The summed E-state index contributed by atoms with van der Waals surface area (Å²) in [5.74, 6) is -1.75. The molecule has 0 spiro atoms. The Morgan fingerprint density at radius 1 is 1.17 bits per heavy atom.